The van der Waals surface area contributed by atoms with Crippen molar-refractivity contribution < 1.29 is 19.1 Å². The normalized spacial score (nSPS) is 23.4. The Kier molecular flexibility index (Phi) is 4.59. The molecule has 134 valence electrons. The first kappa shape index (κ1) is 17.8. The minimum absolute atomic E-state index is 0.574. The van der Waals surface area contributed by atoms with E-state index in [-0.39, 0.29) is 0 Å². The van der Waals surface area contributed by atoms with Crippen molar-refractivity contribution in [2.75, 3.05) is 14.2 Å². The molecule has 0 aliphatic carbocycles. The van der Waals surface area contributed by atoms with Crippen molar-refractivity contribution in [1.82, 2.24) is 0 Å². The number of esters is 2. The van der Waals surface area contributed by atoms with Crippen molar-refractivity contribution >= 4 is 11.9 Å². The molecular weight excluding hydrogens is 332 g/mol. The summed E-state index contributed by atoms with van der Waals surface area (Å²) in [6.07, 6.45) is 0. The van der Waals surface area contributed by atoms with Crippen molar-refractivity contribution in [3.63, 3.8) is 0 Å². The minimum Gasteiger partial charge on any atom is -0.469 e. The Balaban J connectivity index is 2.32. The van der Waals surface area contributed by atoms with E-state index in [1.807, 2.05) is 60.7 Å². The number of carbonyl (C=O) groups excluding carboxylic acids is 2. The van der Waals surface area contributed by atoms with Gasteiger partial charge in [0.1, 0.15) is 11.5 Å². The summed E-state index contributed by atoms with van der Waals surface area (Å²) in [4.78, 5) is 25.4. The van der Waals surface area contributed by atoms with E-state index in [2.05, 4.69) is 10.2 Å². The van der Waals surface area contributed by atoms with Gasteiger partial charge >= 0.3 is 11.9 Å². The molecule has 26 heavy (non-hydrogen) atoms. The standard InChI is InChI=1S/C20H20N2O4/c1-19(18(24)26-3)16(17(23)25-2)20(22-21-19,14-10-6-4-7-11-14)15-12-8-5-9-13-15/h4-13,16H,1-3H3/t16-,19+/m1/s1. The van der Waals surface area contributed by atoms with Crippen LogP contribution in [-0.2, 0) is 24.6 Å². The van der Waals surface area contributed by atoms with E-state index < -0.39 is 28.9 Å². The van der Waals surface area contributed by atoms with Crippen LogP contribution in [0.25, 0.3) is 0 Å². The average molecular weight is 352 g/mol. The molecule has 0 radical (unpaired) electrons. The number of rotatable bonds is 4. The van der Waals surface area contributed by atoms with E-state index in [0.29, 0.717) is 0 Å². The Morgan fingerprint density at radius 3 is 1.77 bits per heavy atom. The molecule has 0 spiro atoms. The second-order valence-electron chi connectivity index (χ2n) is 6.29. The molecule has 1 aliphatic heterocycles. The smallest absolute Gasteiger partial charge is 0.336 e. The van der Waals surface area contributed by atoms with E-state index in [1.54, 1.807) is 6.92 Å². The molecule has 0 N–H and O–H groups in total. The predicted octanol–water partition coefficient (Wildman–Crippen LogP) is 3.12. The Morgan fingerprint density at radius 2 is 1.35 bits per heavy atom. The zero-order valence-electron chi connectivity index (χ0n) is 14.9. The lowest BCUT2D eigenvalue weighted by Crippen LogP contribution is -2.52. The van der Waals surface area contributed by atoms with Crippen LogP contribution in [0.1, 0.15) is 18.1 Å². The van der Waals surface area contributed by atoms with E-state index in [9.17, 15) is 9.59 Å². The zero-order valence-corrected chi connectivity index (χ0v) is 14.9. The minimum atomic E-state index is -1.49. The van der Waals surface area contributed by atoms with Crippen molar-refractivity contribution in [1.29, 1.82) is 0 Å². The molecule has 0 saturated heterocycles. The van der Waals surface area contributed by atoms with Gasteiger partial charge in [-0.05, 0) is 18.1 Å². The van der Waals surface area contributed by atoms with Crippen LogP contribution in [0.2, 0.25) is 0 Å². The molecule has 0 amide bonds. The van der Waals surface area contributed by atoms with Crippen LogP contribution in [-0.4, -0.2) is 31.7 Å². The highest BCUT2D eigenvalue weighted by atomic mass is 16.5. The van der Waals surface area contributed by atoms with Crippen molar-refractivity contribution in [3.05, 3.63) is 71.8 Å². The molecule has 3 rings (SSSR count). The fourth-order valence-corrected chi connectivity index (χ4v) is 3.59. The monoisotopic (exact) mass is 352 g/mol. The summed E-state index contributed by atoms with van der Waals surface area (Å²) in [7, 11) is 2.56. The summed E-state index contributed by atoms with van der Waals surface area (Å²) in [6.45, 7) is 1.55. The lowest BCUT2D eigenvalue weighted by atomic mass is 9.67. The summed E-state index contributed by atoms with van der Waals surface area (Å²) in [5.74, 6) is -2.21. The highest BCUT2D eigenvalue weighted by molar-refractivity contribution is 5.91. The SMILES string of the molecule is COC(=O)[C@H]1C(c2ccccc2)(c2ccccc2)N=N[C@]1(C)C(=O)OC. The number of ether oxygens (including phenoxy) is 2. The Bertz CT molecular complexity index is 796. The van der Waals surface area contributed by atoms with Gasteiger partial charge in [-0.1, -0.05) is 60.7 Å². The molecular formula is C20H20N2O4. The van der Waals surface area contributed by atoms with Crippen LogP contribution in [0.5, 0.6) is 0 Å². The topological polar surface area (TPSA) is 77.3 Å². The maximum atomic E-state index is 12.9. The van der Waals surface area contributed by atoms with Crippen molar-refractivity contribution in [2.45, 2.75) is 18.0 Å². The Morgan fingerprint density at radius 1 is 0.846 bits per heavy atom. The molecule has 6 heteroatoms. The molecule has 2 aromatic rings. The Labute approximate surface area is 151 Å². The largest absolute Gasteiger partial charge is 0.469 e. The van der Waals surface area contributed by atoms with Crippen LogP contribution in [0.4, 0.5) is 0 Å². The molecule has 0 bridgehead atoms. The van der Waals surface area contributed by atoms with E-state index in [1.165, 1.54) is 14.2 Å². The maximum absolute atomic E-state index is 12.9. The second-order valence-corrected chi connectivity index (χ2v) is 6.29. The summed E-state index contributed by atoms with van der Waals surface area (Å²) >= 11 is 0. The molecule has 1 heterocycles. The number of hydrogen-bond acceptors (Lipinski definition) is 6. The summed E-state index contributed by atoms with van der Waals surface area (Å²) in [5, 5.41) is 8.75. The molecule has 0 saturated carbocycles. The lowest BCUT2D eigenvalue weighted by Gasteiger charge is -2.35. The van der Waals surface area contributed by atoms with Gasteiger partial charge in [0.15, 0.2) is 5.54 Å². The third-order valence-electron chi connectivity index (χ3n) is 4.86. The van der Waals surface area contributed by atoms with E-state index >= 15 is 0 Å². The van der Waals surface area contributed by atoms with E-state index in [4.69, 9.17) is 9.47 Å². The first-order valence-electron chi connectivity index (χ1n) is 8.22. The van der Waals surface area contributed by atoms with Gasteiger partial charge in [-0.25, -0.2) is 4.79 Å². The van der Waals surface area contributed by atoms with Crippen LogP contribution in [0.3, 0.4) is 0 Å². The number of carbonyl (C=O) groups is 2. The average Bonchev–Trinajstić information content (AvgIpc) is 3.03. The highest BCUT2D eigenvalue weighted by Gasteiger charge is 2.64. The molecule has 6 nitrogen and oxygen atoms in total. The van der Waals surface area contributed by atoms with Gasteiger partial charge in [0.2, 0.25) is 0 Å². The quantitative estimate of drug-likeness (QED) is 0.792. The van der Waals surface area contributed by atoms with Gasteiger partial charge in [-0.15, -0.1) is 0 Å². The van der Waals surface area contributed by atoms with Gasteiger partial charge < -0.3 is 9.47 Å². The van der Waals surface area contributed by atoms with Gasteiger partial charge in [0.25, 0.3) is 0 Å². The molecule has 2 atom stereocenters. The molecule has 1 aliphatic rings. The molecule has 0 unspecified atom stereocenters. The first-order valence-corrected chi connectivity index (χ1v) is 8.22. The van der Waals surface area contributed by atoms with Crippen LogP contribution < -0.4 is 0 Å². The maximum Gasteiger partial charge on any atom is 0.336 e. The summed E-state index contributed by atoms with van der Waals surface area (Å²) in [6, 6.07) is 18.7. The molecule has 0 fully saturated rings. The van der Waals surface area contributed by atoms with Crippen LogP contribution >= 0.6 is 0 Å². The number of hydrogen-bond donors (Lipinski definition) is 0. The Hall–Kier alpha value is -3.02. The van der Waals surface area contributed by atoms with Crippen molar-refractivity contribution in [2.24, 2.45) is 16.1 Å². The van der Waals surface area contributed by atoms with Gasteiger partial charge in [0, 0.05) is 0 Å². The number of methoxy groups -OCH3 is 2. The van der Waals surface area contributed by atoms with Gasteiger partial charge in [-0.2, -0.15) is 10.2 Å². The van der Waals surface area contributed by atoms with Gasteiger partial charge in [-0.3, -0.25) is 4.79 Å². The van der Waals surface area contributed by atoms with Crippen LogP contribution in [0.15, 0.2) is 70.9 Å². The number of azo groups is 1. The zero-order chi connectivity index (χ0) is 18.8. The summed E-state index contributed by atoms with van der Waals surface area (Å²) in [5.41, 5.74) is -1.18. The molecule has 0 aromatic heterocycles. The lowest BCUT2D eigenvalue weighted by molar-refractivity contribution is -0.159. The first-order chi connectivity index (χ1) is 12.5. The highest BCUT2D eigenvalue weighted by Crippen LogP contribution is 2.52. The fraction of sp³-hybridized carbons (Fsp3) is 0.300. The van der Waals surface area contributed by atoms with Crippen LogP contribution in [0, 0.1) is 5.92 Å². The third kappa shape index (κ3) is 2.49. The molecule has 2 aromatic carbocycles. The van der Waals surface area contributed by atoms with Gasteiger partial charge in [0.05, 0.1) is 14.2 Å². The number of nitrogens with zero attached hydrogens (tertiary/aromatic N) is 2. The predicted molar refractivity (Wildman–Crippen MR) is 94.4 cm³/mol. The number of benzene rings is 2. The van der Waals surface area contributed by atoms with Crippen molar-refractivity contribution in [3.8, 4) is 0 Å². The second kappa shape index (κ2) is 6.71. The third-order valence-corrected chi connectivity index (χ3v) is 4.86. The fourth-order valence-electron chi connectivity index (χ4n) is 3.59. The summed E-state index contributed by atoms with van der Waals surface area (Å²) < 4.78 is 9.98. The van der Waals surface area contributed by atoms with E-state index in [0.717, 1.165) is 11.1 Å².